The summed E-state index contributed by atoms with van der Waals surface area (Å²) in [4.78, 5) is 23.2. The molecule has 0 spiro atoms. The van der Waals surface area contributed by atoms with E-state index in [2.05, 4.69) is 27.2 Å². The van der Waals surface area contributed by atoms with Crippen LogP contribution in [0.1, 0.15) is 47.7 Å². The molecule has 1 aliphatic heterocycles. The van der Waals surface area contributed by atoms with Gasteiger partial charge in [-0.3, -0.25) is 4.79 Å². The Labute approximate surface area is 114 Å². The van der Waals surface area contributed by atoms with Gasteiger partial charge in [0.15, 0.2) is 0 Å². The van der Waals surface area contributed by atoms with E-state index in [1.165, 1.54) is 0 Å². The van der Waals surface area contributed by atoms with Gasteiger partial charge in [-0.1, -0.05) is 0 Å². The summed E-state index contributed by atoms with van der Waals surface area (Å²) >= 11 is 0. The summed E-state index contributed by atoms with van der Waals surface area (Å²) in [6, 6.07) is 1.75. The Morgan fingerprint density at radius 1 is 1.53 bits per heavy atom. The van der Waals surface area contributed by atoms with Gasteiger partial charge in [-0.15, -0.1) is 0 Å². The van der Waals surface area contributed by atoms with Crippen molar-refractivity contribution in [1.82, 2.24) is 20.2 Å². The smallest absolute Gasteiger partial charge is 0.270 e. The Kier molecular flexibility index (Phi) is 4.47. The van der Waals surface area contributed by atoms with Crippen molar-refractivity contribution >= 4 is 5.91 Å². The number of likely N-dealkylation sites (tertiary alicyclic amines) is 1. The van der Waals surface area contributed by atoms with E-state index in [-0.39, 0.29) is 5.91 Å². The van der Waals surface area contributed by atoms with Gasteiger partial charge >= 0.3 is 0 Å². The van der Waals surface area contributed by atoms with Crippen LogP contribution in [-0.2, 0) is 0 Å². The molecule has 1 N–H and O–H groups in total. The first-order chi connectivity index (χ1) is 9.10. The van der Waals surface area contributed by atoms with E-state index in [1.54, 1.807) is 6.07 Å². The molecule has 1 fully saturated rings. The maximum atomic E-state index is 11.9. The second-order valence-electron chi connectivity index (χ2n) is 5.21. The fraction of sp³-hybridized carbons (Fsp3) is 0.643. The first kappa shape index (κ1) is 13.9. The lowest BCUT2D eigenvalue weighted by Gasteiger charge is -2.28. The van der Waals surface area contributed by atoms with Gasteiger partial charge in [0.1, 0.15) is 11.5 Å². The Balaban J connectivity index is 2.23. The van der Waals surface area contributed by atoms with Crippen molar-refractivity contribution in [1.29, 1.82) is 0 Å². The van der Waals surface area contributed by atoms with E-state index in [4.69, 9.17) is 0 Å². The van der Waals surface area contributed by atoms with Crippen LogP contribution in [0.2, 0.25) is 0 Å². The van der Waals surface area contributed by atoms with Crippen molar-refractivity contribution in [2.24, 2.45) is 0 Å². The van der Waals surface area contributed by atoms with Crippen molar-refractivity contribution in [2.75, 3.05) is 26.7 Å². The van der Waals surface area contributed by atoms with Gasteiger partial charge in [0.25, 0.3) is 5.91 Å². The van der Waals surface area contributed by atoms with Crippen LogP contribution < -0.4 is 5.32 Å². The third kappa shape index (κ3) is 3.50. The van der Waals surface area contributed by atoms with E-state index in [1.807, 2.05) is 13.8 Å². The zero-order chi connectivity index (χ0) is 13.8. The van der Waals surface area contributed by atoms with Gasteiger partial charge in [0, 0.05) is 24.7 Å². The summed E-state index contributed by atoms with van der Waals surface area (Å²) in [6.07, 6.45) is 2.26. The van der Waals surface area contributed by atoms with Crippen LogP contribution >= 0.6 is 0 Å². The van der Waals surface area contributed by atoms with Crippen LogP contribution in [0.3, 0.4) is 0 Å². The fourth-order valence-electron chi connectivity index (χ4n) is 2.52. The third-order valence-electron chi connectivity index (χ3n) is 3.43. The lowest BCUT2D eigenvalue weighted by atomic mass is 9.97. The number of aryl methyl sites for hydroxylation is 1. The number of carbonyl (C=O) groups is 1. The van der Waals surface area contributed by atoms with Crippen molar-refractivity contribution in [3.05, 3.63) is 23.3 Å². The summed E-state index contributed by atoms with van der Waals surface area (Å²) < 4.78 is 0. The highest BCUT2D eigenvalue weighted by Crippen LogP contribution is 2.23. The molecule has 19 heavy (non-hydrogen) atoms. The second-order valence-corrected chi connectivity index (χ2v) is 5.21. The van der Waals surface area contributed by atoms with Gasteiger partial charge in [-0.25, -0.2) is 9.97 Å². The van der Waals surface area contributed by atoms with E-state index < -0.39 is 0 Å². The standard InChI is InChI=1S/C14H22N4O/c1-4-15-14(19)12-8-10(2)16-13(17-12)11-6-5-7-18(3)9-11/h8,11H,4-7,9H2,1-3H3,(H,15,19)/t11-/m0/s1. The number of nitrogens with one attached hydrogen (secondary N) is 1. The van der Waals surface area contributed by atoms with E-state index in [0.717, 1.165) is 37.4 Å². The molecule has 0 bridgehead atoms. The molecule has 104 valence electrons. The number of likely N-dealkylation sites (N-methyl/N-ethyl adjacent to an activating group) is 1. The summed E-state index contributed by atoms with van der Waals surface area (Å²) in [5, 5.41) is 2.79. The monoisotopic (exact) mass is 262 g/mol. The van der Waals surface area contributed by atoms with Crippen LogP contribution in [0.15, 0.2) is 6.07 Å². The van der Waals surface area contributed by atoms with Crippen LogP contribution in [0.25, 0.3) is 0 Å². The molecule has 5 nitrogen and oxygen atoms in total. The van der Waals surface area contributed by atoms with Gasteiger partial charge in [0.05, 0.1) is 0 Å². The fourth-order valence-corrected chi connectivity index (χ4v) is 2.52. The topological polar surface area (TPSA) is 58.1 Å². The summed E-state index contributed by atoms with van der Waals surface area (Å²) in [6.45, 7) is 6.54. The number of nitrogens with zero attached hydrogens (tertiary/aromatic N) is 3. The molecule has 0 radical (unpaired) electrons. The molecule has 0 aliphatic carbocycles. The summed E-state index contributed by atoms with van der Waals surface area (Å²) in [7, 11) is 2.12. The third-order valence-corrected chi connectivity index (χ3v) is 3.43. The molecule has 1 amide bonds. The normalized spacial score (nSPS) is 20.3. The SMILES string of the molecule is CCNC(=O)c1cc(C)nc([C@H]2CCCN(C)C2)n1. The molecular weight excluding hydrogens is 240 g/mol. The van der Waals surface area contributed by atoms with Crippen LogP contribution in [0.5, 0.6) is 0 Å². The summed E-state index contributed by atoms with van der Waals surface area (Å²) in [5.74, 6) is 1.04. The Bertz CT molecular complexity index is 461. The zero-order valence-electron chi connectivity index (χ0n) is 11.9. The highest BCUT2D eigenvalue weighted by atomic mass is 16.1. The lowest BCUT2D eigenvalue weighted by Crippen LogP contribution is -2.32. The maximum Gasteiger partial charge on any atom is 0.270 e. The van der Waals surface area contributed by atoms with Crippen molar-refractivity contribution in [2.45, 2.75) is 32.6 Å². The highest BCUT2D eigenvalue weighted by Gasteiger charge is 2.22. The number of amides is 1. The largest absolute Gasteiger partial charge is 0.351 e. The predicted octanol–water partition coefficient (Wildman–Crippen LogP) is 1.34. The Morgan fingerprint density at radius 3 is 3.00 bits per heavy atom. The van der Waals surface area contributed by atoms with Crippen LogP contribution in [-0.4, -0.2) is 47.5 Å². The minimum Gasteiger partial charge on any atom is -0.351 e. The van der Waals surface area contributed by atoms with Crippen LogP contribution in [0, 0.1) is 6.92 Å². The number of carbonyl (C=O) groups excluding carboxylic acids is 1. The highest BCUT2D eigenvalue weighted by molar-refractivity contribution is 5.92. The van der Waals surface area contributed by atoms with E-state index >= 15 is 0 Å². The average Bonchev–Trinajstić information content (AvgIpc) is 2.38. The molecule has 1 aromatic rings. The van der Waals surface area contributed by atoms with Gasteiger partial charge in [-0.05, 0) is 46.3 Å². The minimum absolute atomic E-state index is 0.113. The molecular formula is C14H22N4O. The number of hydrogen-bond acceptors (Lipinski definition) is 4. The Morgan fingerprint density at radius 2 is 2.32 bits per heavy atom. The zero-order valence-corrected chi connectivity index (χ0v) is 11.9. The molecule has 5 heteroatoms. The number of aromatic nitrogens is 2. The molecule has 1 aromatic heterocycles. The van der Waals surface area contributed by atoms with Crippen molar-refractivity contribution in [3.8, 4) is 0 Å². The van der Waals surface area contributed by atoms with Gasteiger partial charge < -0.3 is 10.2 Å². The number of piperidine rings is 1. The molecule has 0 saturated carbocycles. The van der Waals surface area contributed by atoms with E-state index in [9.17, 15) is 4.79 Å². The molecule has 2 heterocycles. The quantitative estimate of drug-likeness (QED) is 0.893. The van der Waals surface area contributed by atoms with Crippen molar-refractivity contribution in [3.63, 3.8) is 0 Å². The molecule has 1 saturated heterocycles. The lowest BCUT2D eigenvalue weighted by molar-refractivity contribution is 0.0950. The molecule has 0 aromatic carbocycles. The van der Waals surface area contributed by atoms with Crippen LogP contribution in [0.4, 0.5) is 0 Å². The first-order valence-corrected chi connectivity index (χ1v) is 6.92. The minimum atomic E-state index is -0.113. The molecule has 2 rings (SSSR count). The Hall–Kier alpha value is -1.49. The molecule has 1 atom stereocenters. The molecule has 0 unspecified atom stereocenters. The van der Waals surface area contributed by atoms with E-state index in [0.29, 0.717) is 18.2 Å². The summed E-state index contributed by atoms with van der Waals surface area (Å²) in [5.41, 5.74) is 1.34. The molecule has 1 aliphatic rings. The van der Waals surface area contributed by atoms with Crippen molar-refractivity contribution < 1.29 is 4.79 Å². The number of hydrogen-bond donors (Lipinski definition) is 1. The van der Waals surface area contributed by atoms with Gasteiger partial charge in [0.2, 0.25) is 0 Å². The second kappa shape index (κ2) is 6.10. The predicted molar refractivity (Wildman–Crippen MR) is 74.2 cm³/mol. The van der Waals surface area contributed by atoms with Gasteiger partial charge in [-0.2, -0.15) is 0 Å². The maximum absolute atomic E-state index is 11.9. The number of rotatable bonds is 3. The average molecular weight is 262 g/mol. The first-order valence-electron chi connectivity index (χ1n) is 6.92.